The monoisotopic (exact) mass is 450 g/mol. The van der Waals surface area contributed by atoms with E-state index in [0.717, 1.165) is 23.2 Å². The third-order valence-corrected chi connectivity index (χ3v) is 6.95. The molecule has 0 spiro atoms. The Labute approximate surface area is 194 Å². The van der Waals surface area contributed by atoms with Crippen LogP contribution in [-0.2, 0) is 4.74 Å². The number of morpholine rings is 1. The SMILES string of the molecule is COc1cc(C2Nc3ccc(C(=O)N4CCOCC4)cc3C3C=CCC32)cc(OC)c1OC. The number of amides is 1. The van der Waals surface area contributed by atoms with Crippen molar-refractivity contribution in [3.8, 4) is 17.2 Å². The minimum Gasteiger partial charge on any atom is -0.493 e. The highest BCUT2D eigenvalue weighted by atomic mass is 16.5. The first kappa shape index (κ1) is 21.6. The Morgan fingerprint density at radius 2 is 1.76 bits per heavy atom. The quantitative estimate of drug-likeness (QED) is 0.695. The van der Waals surface area contributed by atoms with E-state index >= 15 is 0 Å². The number of hydrogen-bond donors (Lipinski definition) is 1. The van der Waals surface area contributed by atoms with E-state index in [4.69, 9.17) is 18.9 Å². The lowest BCUT2D eigenvalue weighted by Crippen LogP contribution is -2.40. The molecule has 1 aliphatic carbocycles. The average Bonchev–Trinajstić information content (AvgIpc) is 3.37. The van der Waals surface area contributed by atoms with Gasteiger partial charge in [-0.25, -0.2) is 0 Å². The fourth-order valence-corrected chi connectivity index (χ4v) is 5.29. The van der Waals surface area contributed by atoms with Crippen LogP contribution in [0.25, 0.3) is 0 Å². The third kappa shape index (κ3) is 3.80. The predicted molar refractivity (Wildman–Crippen MR) is 126 cm³/mol. The normalized spacial score (nSPS) is 23.4. The van der Waals surface area contributed by atoms with E-state index in [1.165, 1.54) is 5.56 Å². The maximum atomic E-state index is 13.1. The highest BCUT2D eigenvalue weighted by Crippen LogP contribution is 2.51. The molecule has 3 aliphatic rings. The van der Waals surface area contributed by atoms with Gasteiger partial charge in [-0.3, -0.25) is 4.79 Å². The van der Waals surface area contributed by atoms with Crippen LogP contribution in [0.2, 0.25) is 0 Å². The standard InChI is InChI=1S/C26H30N2O5/c1-30-22-14-17(15-23(31-2)25(22)32-3)24-19-6-4-5-18(19)20-13-16(7-8-21(20)27-24)26(29)28-9-11-33-12-10-28/h4-5,7-8,13-15,18-19,24,27H,6,9-12H2,1-3H3. The fourth-order valence-electron chi connectivity index (χ4n) is 5.29. The second kappa shape index (κ2) is 8.98. The van der Waals surface area contributed by atoms with Gasteiger partial charge in [-0.1, -0.05) is 12.2 Å². The molecule has 0 saturated carbocycles. The highest BCUT2D eigenvalue weighted by molar-refractivity contribution is 5.95. The van der Waals surface area contributed by atoms with E-state index in [1.807, 2.05) is 29.2 Å². The van der Waals surface area contributed by atoms with Crippen LogP contribution >= 0.6 is 0 Å². The van der Waals surface area contributed by atoms with Crippen LogP contribution < -0.4 is 19.5 Å². The number of fused-ring (bicyclic) bond motifs is 3. The van der Waals surface area contributed by atoms with Gasteiger partial charge in [0.25, 0.3) is 5.91 Å². The molecule has 1 saturated heterocycles. The molecule has 3 atom stereocenters. The molecule has 2 aromatic carbocycles. The molecule has 2 aliphatic heterocycles. The Morgan fingerprint density at radius 1 is 1.03 bits per heavy atom. The van der Waals surface area contributed by atoms with Crippen molar-refractivity contribution in [1.82, 2.24) is 4.90 Å². The van der Waals surface area contributed by atoms with E-state index < -0.39 is 0 Å². The summed E-state index contributed by atoms with van der Waals surface area (Å²) in [6.45, 7) is 2.48. The number of benzene rings is 2. The Bertz CT molecular complexity index is 1050. The molecular weight excluding hydrogens is 420 g/mol. The minimum absolute atomic E-state index is 0.0753. The number of methoxy groups -OCH3 is 3. The molecule has 33 heavy (non-hydrogen) atoms. The summed E-state index contributed by atoms with van der Waals surface area (Å²) in [5, 5.41) is 3.73. The lowest BCUT2D eigenvalue weighted by molar-refractivity contribution is 0.0303. The van der Waals surface area contributed by atoms with E-state index in [-0.39, 0.29) is 17.9 Å². The number of hydrogen-bond acceptors (Lipinski definition) is 6. The summed E-state index contributed by atoms with van der Waals surface area (Å²) < 4.78 is 22.1. The highest BCUT2D eigenvalue weighted by Gasteiger charge is 2.39. The van der Waals surface area contributed by atoms with Gasteiger partial charge in [0.15, 0.2) is 11.5 Å². The van der Waals surface area contributed by atoms with Crippen molar-refractivity contribution >= 4 is 11.6 Å². The summed E-state index contributed by atoms with van der Waals surface area (Å²) in [7, 11) is 4.89. The lowest BCUT2D eigenvalue weighted by Gasteiger charge is -2.38. The van der Waals surface area contributed by atoms with Crippen molar-refractivity contribution < 1.29 is 23.7 Å². The topological polar surface area (TPSA) is 69.3 Å². The van der Waals surface area contributed by atoms with Gasteiger partial charge in [-0.2, -0.15) is 0 Å². The number of rotatable bonds is 5. The van der Waals surface area contributed by atoms with Crippen molar-refractivity contribution in [3.05, 3.63) is 59.2 Å². The average molecular weight is 451 g/mol. The van der Waals surface area contributed by atoms with Crippen LogP contribution in [0.3, 0.4) is 0 Å². The van der Waals surface area contributed by atoms with Gasteiger partial charge in [0.05, 0.1) is 40.6 Å². The van der Waals surface area contributed by atoms with E-state index in [0.29, 0.717) is 49.5 Å². The molecule has 7 heteroatoms. The maximum Gasteiger partial charge on any atom is 0.254 e. The Hall–Kier alpha value is -3.19. The molecule has 0 bridgehead atoms. The van der Waals surface area contributed by atoms with Crippen LogP contribution in [0.1, 0.15) is 39.9 Å². The molecule has 1 N–H and O–H groups in total. The summed E-state index contributed by atoms with van der Waals surface area (Å²) in [6, 6.07) is 10.2. The van der Waals surface area contributed by atoms with Crippen molar-refractivity contribution in [2.24, 2.45) is 5.92 Å². The molecule has 1 fully saturated rings. The zero-order valence-electron chi connectivity index (χ0n) is 19.3. The number of ether oxygens (including phenoxy) is 4. The zero-order chi connectivity index (χ0) is 22.9. The largest absolute Gasteiger partial charge is 0.493 e. The van der Waals surface area contributed by atoms with E-state index in [2.05, 4.69) is 23.5 Å². The van der Waals surface area contributed by atoms with Gasteiger partial charge in [0.2, 0.25) is 5.75 Å². The van der Waals surface area contributed by atoms with Gasteiger partial charge in [0.1, 0.15) is 0 Å². The molecule has 0 aromatic heterocycles. The molecule has 174 valence electrons. The van der Waals surface area contributed by atoms with Gasteiger partial charge in [-0.15, -0.1) is 0 Å². The fraction of sp³-hybridized carbons (Fsp3) is 0.423. The van der Waals surface area contributed by atoms with Crippen molar-refractivity contribution in [1.29, 1.82) is 0 Å². The van der Waals surface area contributed by atoms with Crippen molar-refractivity contribution in [2.45, 2.75) is 18.4 Å². The first-order chi connectivity index (χ1) is 16.1. The number of nitrogens with zero attached hydrogens (tertiary/aromatic N) is 1. The molecule has 2 aromatic rings. The number of carbonyl (C=O) groups is 1. The summed E-state index contributed by atoms with van der Waals surface area (Å²) in [5.74, 6) is 2.53. The summed E-state index contributed by atoms with van der Waals surface area (Å²) in [5.41, 5.74) is 4.06. The van der Waals surface area contributed by atoms with E-state index in [9.17, 15) is 4.79 Å². The van der Waals surface area contributed by atoms with Gasteiger partial charge >= 0.3 is 0 Å². The van der Waals surface area contributed by atoms with Gasteiger partial charge in [-0.05, 0) is 53.8 Å². The second-order valence-corrected chi connectivity index (χ2v) is 8.64. The number of carbonyl (C=O) groups excluding carboxylic acids is 1. The number of nitrogens with one attached hydrogen (secondary N) is 1. The Kier molecular flexibility index (Phi) is 5.89. The van der Waals surface area contributed by atoms with E-state index in [1.54, 1.807) is 21.3 Å². The summed E-state index contributed by atoms with van der Waals surface area (Å²) in [6.07, 6.45) is 5.48. The molecular formula is C26H30N2O5. The molecule has 0 radical (unpaired) electrons. The van der Waals surface area contributed by atoms with Crippen LogP contribution in [0.4, 0.5) is 5.69 Å². The molecule has 5 rings (SSSR count). The van der Waals surface area contributed by atoms with Crippen LogP contribution in [0, 0.1) is 5.92 Å². The third-order valence-electron chi connectivity index (χ3n) is 6.95. The van der Waals surface area contributed by atoms with Crippen LogP contribution in [-0.4, -0.2) is 58.4 Å². The number of allylic oxidation sites excluding steroid dienone is 2. The smallest absolute Gasteiger partial charge is 0.254 e. The van der Waals surface area contributed by atoms with Crippen molar-refractivity contribution in [3.63, 3.8) is 0 Å². The first-order valence-electron chi connectivity index (χ1n) is 11.4. The summed E-state index contributed by atoms with van der Waals surface area (Å²) in [4.78, 5) is 14.9. The molecule has 3 unspecified atom stereocenters. The van der Waals surface area contributed by atoms with Crippen LogP contribution in [0.5, 0.6) is 17.2 Å². The Morgan fingerprint density at radius 3 is 2.42 bits per heavy atom. The Balaban J connectivity index is 1.49. The maximum absolute atomic E-state index is 13.1. The molecule has 2 heterocycles. The number of anilines is 1. The summed E-state index contributed by atoms with van der Waals surface area (Å²) >= 11 is 0. The predicted octanol–water partition coefficient (Wildman–Crippen LogP) is 4.01. The van der Waals surface area contributed by atoms with Gasteiger partial charge < -0.3 is 29.2 Å². The molecule has 7 nitrogen and oxygen atoms in total. The van der Waals surface area contributed by atoms with Crippen molar-refractivity contribution in [2.75, 3.05) is 52.9 Å². The van der Waals surface area contributed by atoms with Gasteiger partial charge in [0, 0.05) is 30.3 Å². The second-order valence-electron chi connectivity index (χ2n) is 8.64. The van der Waals surface area contributed by atoms with Crippen LogP contribution in [0.15, 0.2) is 42.5 Å². The zero-order valence-corrected chi connectivity index (χ0v) is 19.3. The lowest BCUT2D eigenvalue weighted by atomic mass is 9.76. The first-order valence-corrected chi connectivity index (χ1v) is 11.4. The minimum atomic E-state index is 0.0753. The molecule has 1 amide bonds.